The Morgan fingerprint density at radius 2 is 1.65 bits per heavy atom. The molecule has 0 bridgehead atoms. The molecule has 0 atom stereocenters. The van der Waals surface area contributed by atoms with Gasteiger partial charge in [-0.25, -0.2) is 0 Å². The Morgan fingerprint density at radius 1 is 0.971 bits per heavy atom. The van der Waals surface area contributed by atoms with Gasteiger partial charge in [-0.05, 0) is 35.1 Å². The van der Waals surface area contributed by atoms with E-state index < -0.39 is 16.4 Å². The molecule has 0 radical (unpaired) electrons. The number of carbonyl (C=O) groups excluding carboxylic acids is 2. The first-order valence-electron chi connectivity index (χ1n) is 10.6. The zero-order valence-corrected chi connectivity index (χ0v) is 18.1. The van der Waals surface area contributed by atoms with Gasteiger partial charge in [0.2, 0.25) is 0 Å². The molecule has 4 aromatic rings. The minimum absolute atomic E-state index is 0.00491. The van der Waals surface area contributed by atoms with Crippen LogP contribution in [0, 0.1) is 10.1 Å². The molecule has 1 heterocycles. The molecular weight excluding hydrogens is 434 g/mol. The summed E-state index contributed by atoms with van der Waals surface area (Å²) in [4.78, 5) is 47.4. The predicted octanol–water partition coefficient (Wildman–Crippen LogP) is 3.74. The fraction of sp³-hybridized carbons (Fsp3) is 0.115. The number of amides is 1. The molecular formula is C26H21N3O5. The van der Waals surface area contributed by atoms with Crippen molar-refractivity contribution in [1.29, 1.82) is 0 Å². The zero-order valence-electron chi connectivity index (χ0n) is 18.1. The van der Waals surface area contributed by atoms with Gasteiger partial charge in [0.05, 0.1) is 17.0 Å². The van der Waals surface area contributed by atoms with Crippen molar-refractivity contribution in [3.63, 3.8) is 0 Å². The quantitative estimate of drug-likeness (QED) is 0.247. The first-order chi connectivity index (χ1) is 16.5. The highest BCUT2D eigenvalue weighted by Crippen LogP contribution is 2.16. The summed E-state index contributed by atoms with van der Waals surface area (Å²) in [5.41, 5.74) is 2.54. The van der Waals surface area contributed by atoms with Gasteiger partial charge in [-0.3, -0.25) is 24.5 Å². The Kier molecular flexibility index (Phi) is 6.59. The summed E-state index contributed by atoms with van der Waals surface area (Å²) in [5, 5.41) is 14.3. The molecule has 0 unspecified atom stereocenters. The van der Waals surface area contributed by atoms with Crippen LogP contribution in [0.3, 0.4) is 0 Å². The second kappa shape index (κ2) is 9.91. The molecule has 1 amide bonds. The van der Waals surface area contributed by atoms with Crippen molar-refractivity contribution in [3.05, 3.63) is 122 Å². The van der Waals surface area contributed by atoms with Crippen molar-refractivity contribution >= 4 is 28.8 Å². The van der Waals surface area contributed by atoms with Gasteiger partial charge in [0.25, 0.3) is 17.2 Å². The summed E-state index contributed by atoms with van der Waals surface area (Å²) in [5.74, 6) is -0.484. The number of aldehydes is 1. The van der Waals surface area contributed by atoms with E-state index in [0.717, 1.165) is 22.8 Å². The smallest absolute Gasteiger partial charge is 0.269 e. The Hall–Kier alpha value is -4.59. The Balaban J connectivity index is 1.56. The van der Waals surface area contributed by atoms with E-state index in [9.17, 15) is 24.5 Å². The fourth-order valence-electron chi connectivity index (χ4n) is 3.73. The minimum atomic E-state index is -0.484. The summed E-state index contributed by atoms with van der Waals surface area (Å²) in [6.07, 6.45) is 1.22. The third kappa shape index (κ3) is 4.91. The van der Waals surface area contributed by atoms with Crippen LogP contribution in [-0.4, -0.2) is 28.2 Å². The molecule has 0 saturated carbocycles. The third-order valence-corrected chi connectivity index (χ3v) is 5.55. The van der Waals surface area contributed by atoms with E-state index in [1.807, 2.05) is 24.3 Å². The van der Waals surface area contributed by atoms with Gasteiger partial charge in [0.15, 0.2) is 0 Å². The maximum atomic E-state index is 13.3. The van der Waals surface area contributed by atoms with E-state index in [-0.39, 0.29) is 24.3 Å². The normalized spacial score (nSPS) is 10.7. The largest absolute Gasteiger partial charge is 0.352 e. The summed E-state index contributed by atoms with van der Waals surface area (Å²) in [7, 11) is 0. The van der Waals surface area contributed by atoms with E-state index in [2.05, 4.69) is 5.32 Å². The van der Waals surface area contributed by atoms with Gasteiger partial charge in [-0.15, -0.1) is 0 Å². The van der Waals surface area contributed by atoms with Gasteiger partial charge in [0, 0.05) is 24.2 Å². The summed E-state index contributed by atoms with van der Waals surface area (Å²) in [6, 6.07) is 22.0. The molecule has 0 spiro atoms. The third-order valence-electron chi connectivity index (χ3n) is 5.55. The number of nitro groups is 1. The highest BCUT2D eigenvalue weighted by molar-refractivity contribution is 5.97. The molecule has 0 saturated heterocycles. The number of hydrogen-bond acceptors (Lipinski definition) is 5. The number of para-hydroxylation sites is 1. The monoisotopic (exact) mass is 455 g/mol. The molecule has 34 heavy (non-hydrogen) atoms. The van der Waals surface area contributed by atoms with Crippen LogP contribution < -0.4 is 10.9 Å². The summed E-state index contributed by atoms with van der Waals surface area (Å²) < 4.78 is 1.55. The molecule has 3 aromatic carbocycles. The lowest BCUT2D eigenvalue weighted by atomic mass is 10.1. The van der Waals surface area contributed by atoms with Gasteiger partial charge < -0.3 is 9.88 Å². The van der Waals surface area contributed by atoms with Crippen LogP contribution in [0.25, 0.3) is 10.9 Å². The number of aromatic nitrogens is 1. The molecule has 0 aliphatic rings. The van der Waals surface area contributed by atoms with Crippen molar-refractivity contribution in [2.24, 2.45) is 0 Å². The minimum Gasteiger partial charge on any atom is -0.352 e. The van der Waals surface area contributed by atoms with Gasteiger partial charge in [0.1, 0.15) is 11.8 Å². The Morgan fingerprint density at radius 3 is 2.32 bits per heavy atom. The lowest BCUT2D eigenvalue weighted by Crippen LogP contribution is -2.34. The summed E-state index contributed by atoms with van der Waals surface area (Å²) >= 11 is 0. The predicted molar refractivity (Wildman–Crippen MR) is 128 cm³/mol. The number of fused-ring (bicyclic) bond motifs is 1. The SMILES string of the molecule is O=Cc1ccc(Cn2c(=O)c(C(=O)NCCc3ccc([N+](=O)[O-])cc3)cc3ccccc32)cc1. The van der Waals surface area contributed by atoms with Crippen molar-refractivity contribution in [3.8, 4) is 0 Å². The number of pyridine rings is 1. The number of hydrogen-bond donors (Lipinski definition) is 1. The second-order valence-electron chi connectivity index (χ2n) is 7.80. The average molecular weight is 455 g/mol. The molecule has 170 valence electrons. The van der Waals surface area contributed by atoms with E-state index in [1.165, 1.54) is 12.1 Å². The van der Waals surface area contributed by atoms with Crippen LogP contribution >= 0.6 is 0 Å². The number of rotatable bonds is 8. The van der Waals surface area contributed by atoms with Crippen LogP contribution in [0.15, 0.2) is 83.7 Å². The van der Waals surface area contributed by atoms with Crippen LogP contribution in [0.2, 0.25) is 0 Å². The number of nitro benzene ring substituents is 1. The molecule has 1 aromatic heterocycles. The molecule has 0 aliphatic carbocycles. The van der Waals surface area contributed by atoms with Gasteiger partial charge >= 0.3 is 0 Å². The molecule has 0 aliphatic heterocycles. The van der Waals surface area contributed by atoms with Crippen LogP contribution in [0.5, 0.6) is 0 Å². The van der Waals surface area contributed by atoms with Crippen LogP contribution in [0.1, 0.15) is 31.8 Å². The Bertz CT molecular complexity index is 1420. The standard InChI is InChI=1S/C26H21N3O5/c30-17-20-7-5-19(6-8-20)16-28-24-4-2-1-3-21(24)15-23(26(28)32)25(31)27-14-13-18-9-11-22(12-10-18)29(33)34/h1-12,15,17H,13-14,16H2,(H,27,31). The average Bonchev–Trinajstić information content (AvgIpc) is 2.86. The maximum absolute atomic E-state index is 13.3. The molecule has 1 N–H and O–H groups in total. The first-order valence-corrected chi connectivity index (χ1v) is 10.6. The Labute approximate surface area is 194 Å². The number of non-ortho nitro benzene ring substituents is 1. The molecule has 8 heteroatoms. The lowest BCUT2D eigenvalue weighted by Gasteiger charge is -2.13. The van der Waals surface area contributed by atoms with Crippen LogP contribution in [-0.2, 0) is 13.0 Å². The number of nitrogens with one attached hydrogen (secondary N) is 1. The molecule has 0 fully saturated rings. The van der Waals surface area contributed by atoms with Crippen LogP contribution in [0.4, 0.5) is 5.69 Å². The molecule has 8 nitrogen and oxygen atoms in total. The van der Waals surface area contributed by atoms with Gasteiger partial charge in [-0.1, -0.05) is 54.6 Å². The second-order valence-corrected chi connectivity index (χ2v) is 7.80. The zero-order chi connectivity index (χ0) is 24.1. The maximum Gasteiger partial charge on any atom is 0.269 e. The van der Waals surface area contributed by atoms with Gasteiger partial charge in [-0.2, -0.15) is 0 Å². The van der Waals surface area contributed by atoms with E-state index in [4.69, 9.17) is 0 Å². The van der Waals surface area contributed by atoms with E-state index in [0.29, 0.717) is 17.5 Å². The highest BCUT2D eigenvalue weighted by atomic mass is 16.6. The van der Waals surface area contributed by atoms with Crippen molar-refractivity contribution < 1.29 is 14.5 Å². The highest BCUT2D eigenvalue weighted by Gasteiger charge is 2.16. The van der Waals surface area contributed by atoms with Crippen molar-refractivity contribution in [2.75, 3.05) is 6.54 Å². The fourth-order valence-corrected chi connectivity index (χ4v) is 3.73. The van der Waals surface area contributed by atoms with Crippen molar-refractivity contribution in [1.82, 2.24) is 9.88 Å². The topological polar surface area (TPSA) is 111 Å². The van der Waals surface area contributed by atoms with E-state index >= 15 is 0 Å². The first kappa shape index (κ1) is 22.6. The summed E-state index contributed by atoms with van der Waals surface area (Å²) in [6.45, 7) is 0.526. The number of benzene rings is 3. The number of nitrogens with zero attached hydrogens (tertiary/aromatic N) is 2. The number of carbonyl (C=O) groups is 2. The molecule has 4 rings (SSSR count). The van der Waals surface area contributed by atoms with E-state index in [1.54, 1.807) is 47.0 Å². The van der Waals surface area contributed by atoms with Crippen molar-refractivity contribution in [2.45, 2.75) is 13.0 Å². The lowest BCUT2D eigenvalue weighted by molar-refractivity contribution is -0.384.